The molecule has 16 heavy (non-hydrogen) atoms. The molecule has 1 aromatic rings. The molecule has 0 saturated carbocycles. The zero-order chi connectivity index (χ0) is 12.2. The van der Waals surface area contributed by atoms with Crippen LogP contribution in [-0.2, 0) is 4.79 Å². The first kappa shape index (κ1) is 12.1. The monoisotopic (exact) mass is 231 g/mol. The second-order valence-electron chi connectivity index (χ2n) is 2.77. The van der Waals surface area contributed by atoms with Crippen LogP contribution in [0, 0.1) is 0 Å². The summed E-state index contributed by atoms with van der Waals surface area (Å²) < 4.78 is 39.3. The number of alkyl halides is 3. The third-order valence-electron chi connectivity index (χ3n) is 1.52. The van der Waals surface area contributed by atoms with Gasteiger partial charge in [0.2, 0.25) is 5.91 Å². The van der Waals surface area contributed by atoms with Gasteiger partial charge in [0.05, 0.1) is 0 Å². The maximum atomic E-state index is 11.9. The van der Waals surface area contributed by atoms with E-state index in [-0.39, 0.29) is 5.69 Å². The van der Waals surface area contributed by atoms with Gasteiger partial charge in [-0.05, 0) is 18.2 Å². The van der Waals surface area contributed by atoms with E-state index in [0.29, 0.717) is 0 Å². The van der Waals surface area contributed by atoms with Crippen molar-refractivity contribution in [3.05, 3.63) is 36.9 Å². The van der Waals surface area contributed by atoms with Gasteiger partial charge in [0.15, 0.2) is 0 Å². The number of carbonyl (C=O) groups is 1. The van der Waals surface area contributed by atoms with Crippen LogP contribution in [0.4, 0.5) is 18.9 Å². The number of hydrogen-bond acceptors (Lipinski definition) is 2. The molecule has 0 bridgehead atoms. The van der Waals surface area contributed by atoms with Gasteiger partial charge in [-0.2, -0.15) is 0 Å². The third kappa shape index (κ3) is 4.04. The van der Waals surface area contributed by atoms with Crippen molar-refractivity contribution in [2.24, 2.45) is 0 Å². The highest BCUT2D eigenvalue weighted by molar-refractivity contribution is 5.98. The van der Waals surface area contributed by atoms with Gasteiger partial charge in [-0.25, -0.2) is 0 Å². The molecule has 0 saturated heterocycles. The molecule has 0 aliphatic heterocycles. The summed E-state index contributed by atoms with van der Waals surface area (Å²) in [6.45, 7) is 3.22. The molecule has 0 aliphatic rings. The summed E-state index contributed by atoms with van der Waals surface area (Å²) in [7, 11) is 0. The second-order valence-corrected chi connectivity index (χ2v) is 2.77. The number of rotatable bonds is 3. The van der Waals surface area contributed by atoms with E-state index in [1.54, 1.807) is 0 Å². The van der Waals surface area contributed by atoms with Gasteiger partial charge in [0.25, 0.3) is 0 Å². The van der Waals surface area contributed by atoms with E-state index in [1.807, 2.05) is 0 Å². The van der Waals surface area contributed by atoms with Crippen molar-refractivity contribution < 1.29 is 22.7 Å². The normalized spacial score (nSPS) is 10.7. The first-order chi connectivity index (χ1) is 7.40. The lowest BCUT2D eigenvalue weighted by atomic mass is 10.3. The highest BCUT2D eigenvalue weighted by atomic mass is 19.4. The lowest BCUT2D eigenvalue weighted by molar-refractivity contribution is -0.274. The van der Waals surface area contributed by atoms with E-state index >= 15 is 0 Å². The van der Waals surface area contributed by atoms with Crippen molar-refractivity contribution in [1.82, 2.24) is 0 Å². The fourth-order valence-electron chi connectivity index (χ4n) is 0.964. The number of benzene rings is 1. The highest BCUT2D eigenvalue weighted by Gasteiger charge is 2.31. The Morgan fingerprint density at radius 3 is 2.69 bits per heavy atom. The molecule has 0 atom stereocenters. The van der Waals surface area contributed by atoms with Crippen molar-refractivity contribution in [1.29, 1.82) is 0 Å². The zero-order valence-electron chi connectivity index (χ0n) is 8.04. The van der Waals surface area contributed by atoms with E-state index in [9.17, 15) is 18.0 Å². The van der Waals surface area contributed by atoms with E-state index in [4.69, 9.17) is 0 Å². The van der Waals surface area contributed by atoms with Crippen LogP contribution in [0.5, 0.6) is 5.75 Å². The Hall–Kier alpha value is -1.98. The fourth-order valence-corrected chi connectivity index (χ4v) is 0.964. The van der Waals surface area contributed by atoms with Crippen LogP contribution in [0.2, 0.25) is 0 Å². The standard InChI is InChI=1S/C10H8F3NO2/c1-2-9(15)14-7-4-3-5-8(6-7)16-10(11,12)13/h2-6H,1H2,(H,14,15). The number of anilines is 1. The maximum Gasteiger partial charge on any atom is 0.573 e. The summed E-state index contributed by atoms with van der Waals surface area (Å²) in [5.41, 5.74) is 0.201. The number of nitrogens with one attached hydrogen (secondary N) is 1. The average Bonchev–Trinajstić information content (AvgIpc) is 2.15. The van der Waals surface area contributed by atoms with Crippen molar-refractivity contribution in [2.75, 3.05) is 5.32 Å². The van der Waals surface area contributed by atoms with E-state index < -0.39 is 18.0 Å². The predicted molar refractivity (Wildman–Crippen MR) is 52.0 cm³/mol. The molecular formula is C10H8F3NO2. The molecule has 0 spiro atoms. The topological polar surface area (TPSA) is 38.3 Å². The summed E-state index contributed by atoms with van der Waals surface area (Å²) in [5.74, 6) is -0.904. The van der Waals surface area contributed by atoms with Crippen LogP contribution in [-0.4, -0.2) is 12.3 Å². The van der Waals surface area contributed by atoms with E-state index in [1.165, 1.54) is 12.1 Å². The fraction of sp³-hybridized carbons (Fsp3) is 0.100. The highest BCUT2D eigenvalue weighted by Crippen LogP contribution is 2.24. The van der Waals surface area contributed by atoms with Crippen LogP contribution in [0.1, 0.15) is 0 Å². The number of amides is 1. The molecule has 0 aliphatic carbocycles. The first-order valence-corrected chi connectivity index (χ1v) is 4.20. The van der Waals surface area contributed by atoms with Crippen molar-refractivity contribution >= 4 is 11.6 Å². The molecule has 0 fully saturated rings. The minimum atomic E-state index is -4.75. The average molecular weight is 231 g/mol. The Kier molecular flexibility index (Phi) is 3.55. The minimum absolute atomic E-state index is 0.201. The van der Waals surface area contributed by atoms with Gasteiger partial charge < -0.3 is 10.1 Å². The van der Waals surface area contributed by atoms with Crippen LogP contribution in [0.15, 0.2) is 36.9 Å². The molecule has 0 radical (unpaired) electrons. The van der Waals surface area contributed by atoms with Crippen molar-refractivity contribution in [2.45, 2.75) is 6.36 Å². The SMILES string of the molecule is C=CC(=O)Nc1cccc(OC(F)(F)F)c1. The van der Waals surface area contributed by atoms with Crippen molar-refractivity contribution in [3.8, 4) is 5.75 Å². The molecule has 0 unspecified atom stereocenters. The Morgan fingerprint density at radius 1 is 1.44 bits per heavy atom. The molecule has 1 rings (SSSR count). The third-order valence-corrected chi connectivity index (χ3v) is 1.52. The Balaban J connectivity index is 2.79. The summed E-state index contributed by atoms with van der Waals surface area (Å²) in [6, 6.07) is 4.97. The van der Waals surface area contributed by atoms with E-state index in [2.05, 4.69) is 16.6 Å². The van der Waals surface area contributed by atoms with E-state index in [0.717, 1.165) is 18.2 Å². The first-order valence-electron chi connectivity index (χ1n) is 4.20. The van der Waals surface area contributed by atoms with Gasteiger partial charge in [0.1, 0.15) is 5.75 Å². The molecule has 0 heterocycles. The largest absolute Gasteiger partial charge is 0.573 e. The van der Waals surface area contributed by atoms with Gasteiger partial charge in [-0.1, -0.05) is 12.6 Å². The van der Waals surface area contributed by atoms with Gasteiger partial charge >= 0.3 is 6.36 Å². The molecular weight excluding hydrogens is 223 g/mol. The summed E-state index contributed by atoms with van der Waals surface area (Å²) >= 11 is 0. The zero-order valence-corrected chi connectivity index (χ0v) is 8.04. The number of carbonyl (C=O) groups excluding carboxylic acids is 1. The molecule has 1 amide bonds. The van der Waals surface area contributed by atoms with Crippen LogP contribution < -0.4 is 10.1 Å². The lowest BCUT2D eigenvalue weighted by Gasteiger charge is -2.09. The Labute approximate surface area is 89.5 Å². The second kappa shape index (κ2) is 4.69. The molecule has 0 aromatic heterocycles. The summed E-state index contributed by atoms with van der Waals surface area (Å²) in [4.78, 5) is 10.9. The number of ether oxygens (including phenoxy) is 1. The van der Waals surface area contributed by atoms with Crippen LogP contribution in [0.3, 0.4) is 0 Å². The van der Waals surface area contributed by atoms with Gasteiger partial charge in [0, 0.05) is 11.8 Å². The van der Waals surface area contributed by atoms with Crippen LogP contribution >= 0.6 is 0 Å². The predicted octanol–water partition coefficient (Wildman–Crippen LogP) is 2.71. The van der Waals surface area contributed by atoms with Gasteiger partial charge in [-0.15, -0.1) is 13.2 Å². The maximum absolute atomic E-state index is 11.9. The smallest absolute Gasteiger partial charge is 0.406 e. The quantitative estimate of drug-likeness (QED) is 0.812. The lowest BCUT2D eigenvalue weighted by Crippen LogP contribution is -2.17. The molecule has 3 nitrogen and oxygen atoms in total. The van der Waals surface area contributed by atoms with Crippen molar-refractivity contribution in [3.63, 3.8) is 0 Å². The number of hydrogen-bond donors (Lipinski definition) is 1. The summed E-state index contributed by atoms with van der Waals surface area (Å²) in [5, 5.41) is 2.31. The Bertz CT molecular complexity index is 401. The molecule has 1 aromatic carbocycles. The van der Waals surface area contributed by atoms with Crippen LogP contribution in [0.25, 0.3) is 0 Å². The molecule has 86 valence electrons. The minimum Gasteiger partial charge on any atom is -0.406 e. The van der Waals surface area contributed by atoms with Gasteiger partial charge in [-0.3, -0.25) is 4.79 Å². The number of halogens is 3. The Morgan fingerprint density at radius 2 is 2.12 bits per heavy atom. The molecule has 1 N–H and O–H groups in total. The molecule has 6 heteroatoms. The summed E-state index contributed by atoms with van der Waals surface area (Å²) in [6.07, 6.45) is -3.74.